The van der Waals surface area contributed by atoms with E-state index in [0.29, 0.717) is 12.0 Å². The number of hydrogen-bond donors (Lipinski definition) is 0. The molecule has 0 bridgehead atoms. The number of aryl methyl sites for hydroxylation is 1. The Morgan fingerprint density at radius 1 is 1.22 bits per heavy atom. The molecule has 1 aliphatic heterocycles. The molecule has 2 aliphatic rings. The lowest BCUT2D eigenvalue weighted by molar-refractivity contribution is -0.319. The zero-order valence-electron chi connectivity index (χ0n) is 13.0. The van der Waals surface area contributed by atoms with Gasteiger partial charge in [-0.3, -0.25) is 0 Å². The van der Waals surface area contributed by atoms with Gasteiger partial charge in [-0.2, -0.15) is 0 Å². The fourth-order valence-corrected chi connectivity index (χ4v) is 2.79. The molecule has 0 fully saturated rings. The number of carbonyl (C=O) groups excluding carboxylic acids is 2. The summed E-state index contributed by atoms with van der Waals surface area (Å²) in [5.41, 5.74) is 2.86. The van der Waals surface area contributed by atoms with Crippen LogP contribution in [0.1, 0.15) is 30.9 Å². The van der Waals surface area contributed by atoms with Gasteiger partial charge in [0.25, 0.3) is 0 Å². The standard InChI is InChI=1S/C17H19NO5/c1-2-12-11-16(19)22-18(23-17(12)20)9-10-21-15-8-4-6-13-5-3-7-14(13)15/h4,6,8,11H,2-3,5,7,9-10H2,1H3. The van der Waals surface area contributed by atoms with Crippen LogP contribution in [0.25, 0.3) is 0 Å². The summed E-state index contributed by atoms with van der Waals surface area (Å²) in [4.78, 5) is 33.3. The highest BCUT2D eigenvalue weighted by atomic mass is 17.0. The Kier molecular flexibility index (Phi) is 4.62. The number of fused-ring (bicyclic) bond motifs is 1. The van der Waals surface area contributed by atoms with Crippen LogP contribution in [0.3, 0.4) is 0 Å². The van der Waals surface area contributed by atoms with Crippen LogP contribution in [-0.4, -0.2) is 30.3 Å². The second-order valence-corrected chi connectivity index (χ2v) is 5.46. The van der Waals surface area contributed by atoms with Crippen molar-refractivity contribution >= 4 is 11.9 Å². The Hall–Kier alpha value is -2.34. The third-order valence-electron chi connectivity index (χ3n) is 3.95. The minimum atomic E-state index is -0.617. The van der Waals surface area contributed by atoms with E-state index in [-0.39, 0.29) is 13.2 Å². The molecular formula is C17H19NO5. The van der Waals surface area contributed by atoms with E-state index < -0.39 is 11.9 Å². The average molecular weight is 317 g/mol. The molecule has 0 unspecified atom stereocenters. The lowest BCUT2D eigenvalue weighted by Gasteiger charge is -2.18. The Bertz CT molecular complexity index is 652. The largest absolute Gasteiger partial charge is 0.492 e. The highest BCUT2D eigenvalue weighted by molar-refractivity contribution is 5.96. The van der Waals surface area contributed by atoms with Gasteiger partial charge in [0.15, 0.2) is 0 Å². The van der Waals surface area contributed by atoms with E-state index in [1.54, 1.807) is 6.92 Å². The van der Waals surface area contributed by atoms with Crippen molar-refractivity contribution in [2.45, 2.75) is 32.6 Å². The first-order chi connectivity index (χ1) is 11.2. The van der Waals surface area contributed by atoms with E-state index >= 15 is 0 Å². The molecule has 0 radical (unpaired) electrons. The van der Waals surface area contributed by atoms with Gasteiger partial charge < -0.3 is 14.4 Å². The summed E-state index contributed by atoms with van der Waals surface area (Å²) in [6.45, 7) is 2.17. The minimum Gasteiger partial charge on any atom is -0.492 e. The molecule has 23 heavy (non-hydrogen) atoms. The lowest BCUT2D eigenvalue weighted by Crippen LogP contribution is -2.31. The van der Waals surface area contributed by atoms with E-state index in [1.165, 1.54) is 11.1 Å². The predicted octanol–water partition coefficient (Wildman–Crippen LogP) is 2.12. The number of ether oxygens (including phenoxy) is 1. The number of hydroxylamine groups is 2. The summed E-state index contributed by atoms with van der Waals surface area (Å²) < 4.78 is 5.77. The van der Waals surface area contributed by atoms with Crippen LogP contribution in [0.15, 0.2) is 29.8 Å². The molecule has 0 atom stereocenters. The summed E-state index contributed by atoms with van der Waals surface area (Å²) in [6.07, 6.45) is 4.81. The van der Waals surface area contributed by atoms with Crippen LogP contribution in [0, 0.1) is 0 Å². The number of benzene rings is 1. The number of carbonyl (C=O) groups is 2. The van der Waals surface area contributed by atoms with Crippen molar-refractivity contribution in [3.8, 4) is 5.75 Å². The molecule has 1 aromatic carbocycles. The van der Waals surface area contributed by atoms with Crippen LogP contribution < -0.4 is 4.74 Å². The second kappa shape index (κ2) is 6.83. The van der Waals surface area contributed by atoms with Crippen LogP contribution in [0.5, 0.6) is 5.75 Å². The molecule has 0 N–H and O–H groups in total. The smallest absolute Gasteiger partial charge is 0.356 e. The molecule has 1 heterocycles. The molecular weight excluding hydrogens is 298 g/mol. The molecule has 0 saturated heterocycles. The maximum Gasteiger partial charge on any atom is 0.356 e. The number of nitrogens with zero attached hydrogens (tertiary/aromatic N) is 1. The van der Waals surface area contributed by atoms with Gasteiger partial charge in [0.05, 0.1) is 0 Å². The average Bonchev–Trinajstić information content (AvgIpc) is 2.96. The fraction of sp³-hybridized carbons (Fsp3) is 0.412. The Morgan fingerprint density at radius 2 is 2.09 bits per heavy atom. The van der Waals surface area contributed by atoms with Crippen molar-refractivity contribution in [3.05, 3.63) is 41.0 Å². The normalized spacial score (nSPS) is 17.9. The highest BCUT2D eigenvalue weighted by Crippen LogP contribution is 2.30. The first kappa shape index (κ1) is 15.6. The molecule has 0 saturated carbocycles. The van der Waals surface area contributed by atoms with E-state index in [1.807, 2.05) is 12.1 Å². The molecule has 1 aliphatic carbocycles. The van der Waals surface area contributed by atoms with Gasteiger partial charge in [0.1, 0.15) is 18.9 Å². The summed E-state index contributed by atoms with van der Waals surface area (Å²) >= 11 is 0. The minimum absolute atomic E-state index is 0.145. The number of rotatable bonds is 5. The molecule has 0 aromatic heterocycles. The molecule has 6 heteroatoms. The van der Waals surface area contributed by atoms with Crippen molar-refractivity contribution in [2.24, 2.45) is 0 Å². The van der Waals surface area contributed by atoms with E-state index in [4.69, 9.17) is 14.4 Å². The molecule has 0 amide bonds. The van der Waals surface area contributed by atoms with E-state index in [0.717, 1.165) is 36.3 Å². The van der Waals surface area contributed by atoms with Crippen molar-refractivity contribution in [2.75, 3.05) is 13.2 Å². The molecule has 1 aromatic rings. The van der Waals surface area contributed by atoms with Gasteiger partial charge in [0.2, 0.25) is 0 Å². The van der Waals surface area contributed by atoms with Crippen molar-refractivity contribution in [1.82, 2.24) is 5.23 Å². The maximum absolute atomic E-state index is 11.8. The van der Waals surface area contributed by atoms with Gasteiger partial charge in [-0.25, -0.2) is 9.59 Å². The summed E-state index contributed by atoms with van der Waals surface area (Å²) in [5, 5.41) is 0.882. The molecule has 3 rings (SSSR count). The first-order valence-electron chi connectivity index (χ1n) is 7.83. The summed E-state index contributed by atoms with van der Waals surface area (Å²) in [6, 6.07) is 6.02. The van der Waals surface area contributed by atoms with Crippen LogP contribution >= 0.6 is 0 Å². The molecule has 6 nitrogen and oxygen atoms in total. The van der Waals surface area contributed by atoms with E-state index in [9.17, 15) is 9.59 Å². The van der Waals surface area contributed by atoms with Gasteiger partial charge in [-0.05, 0) is 42.9 Å². The van der Waals surface area contributed by atoms with Crippen molar-refractivity contribution in [1.29, 1.82) is 0 Å². The van der Waals surface area contributed by atoms with Gasteiger partial charge in [-0.15, -0.1) is 0 Å². The molecule has 0 spiro atoms. The maximum atomic E-state index is 11.8. The number of hydrogen-bond acceptors (Lipinski definition) is 6. The first-order valence-corrected chi connectivity index (χ1v) is 7.83. The second-order valence-electron chi connectivity index (χ2n) is 5.46. The third kappa shape index (κ3) is 3.53. The fourth-order valence-electron chi connectivity index (χ4n) is 2.79. The predicted molar refractivity (Wildman–Crippen MR) is 81.2 cm³/mol. The summed E-state index contributed by atoms with van der Waals surface area (Å²) in [7, 11) is 0. The van der Waals surface area contributed by atoms with Crippen molar-refractivity contribution < 1.29 is 24.0 Å². The topological polar surface area (TPSA) is 65.1 Å². The molecule has 122 valence electrons. The lowest BCUT2D eigenvalue weighted by atomic mass is 10.1. The Morgan fingerprint density at radius 3 is 2.91 bits per heavy atom. The Labute approximate surface area is 134 Å². The van der Waals surface area contributed by atoms with E-state index in [2.05, 4.69) is 6.07 Å². The van der Waals surface area contributed by atoms with Crippen LogP contribution in [0.4, 0.5) is 0 Å². The highest BCUT2D eigenvalue weighted by Gasteiger charge is 2.24. The van der Waals surface area contributed by atoms with Gasteiger partial charge in [-0.1, -0.05) is 19.1 Å². The zero-order valence-corrected chi connectivity index (χ0v) is 13.0. The zero-order chi connectivity index (χ0) is 16.2. The summed E-state index contributed by atoms with van der Waals surface area (Å²) in [5.74, 6) is -0.341. The Balaban J connectivity index is 1.56. The quantitative estimate of drug-likeness (QED) is 0.829. The van der Waals surface area contributed by atoms with Crippen molar-refractivity contribution in [3.63, 3.8) is 0 Å². The third-order valence-corrected chi connectivity index (χ3v) is 3.95. The van der Waals surface area contributed by atoms with Gasteiger partial charge >= 0.3 is 11.9 Å². The monoisotopic (exact) mass is 317 g/mol. The van der Waals surface area contributed by atoms with Crippen LogP contribution in [-0.2, 0) is 32.1 Å². The SMILES string of the molecule is CCC1=CC(=O)ON(CCOc2cccc3c2CCC3)OC1=O. The van der Waals surface area contributed by atoms with Gasteiger partial charge in [0, 0.05) is 16.9 Å². The van der Waals surface area contributed by atoms with Crippen LogP contribution in [0.2, 0.25) is 0 Å².